The highest BCUT2D eigenvalue weighted by Gasteiger charge is 2.26. The van der Waals surface area contributed by atoms with Crippen molar-refractivity contribution in [1.82, 2.24) is 4.90 Å². The zero-order valence-electron chi connectivity index (χ0n) is 18.2. The van der Waals surface area contributed by atoms with Crippen molar-refractivity contribution in [1.29, 1.82) is 0 Å². The lowest BCUT2D eigenvalue weighted by Gasteiger charge is -2.33. The molecule has 31 heavy (non-hydrogen) atoms. The monoisotopic (exact) mass is 415 g/mol. The van der Waals surface area contributed by atoms with E-state index in [4.69, 9.17) is 4.74 Å². The smallest absolute Gasteiger partial charge is 0.304 e. The number of hydrogen-bond donors (Lipinski definition) is 0. The first-order valence-corrected chi connectivity index (χ1v) is 10.7. The summed E-state index contributed by atoms with van der Waals surface area (Å²) in [5, 5.41) is 0. The van der Waals surface area contributed by atoms with Gasteiger partial charge in [-0.3, -0.25) is 9.59 Å². The molecule has 4 rings (SSSR count). The molecule has 1 fully saturated rings. The minimum absolute atomic E-state index is 0.0223. The van der Waals surface area contributed by atoms with Crippen LogP contribution >= 0.6 is 0 Å². The van der Waals surface area contributed by atoms with Gasteiger partial charge in [-0.1, -0.05) is 84.9 Å². The third-order valence-electron chi connectivity index (χ3n) is 5.25. The number of carbonyl (C=O) groups is 2. The largest absolute Gasteiger partial charge is 0.442 e. The predicted molar refractivity (Wildman–Crippen MR) is 124 cm³/mol. The Kier molecular flexibility index (Phi) is 7.99. The molecule has 4 heteroatoms. The van der Waals surface area contributed by atoms with Crippen molar-refractivity contribution in [3.05, 3.63) is 84.9 Å². The van der Waals surface area contributed by atoms with Crippen LogP contribution in [0.15, 0.2) is 84.9 Å². The molecule has 1 amide bonds. The summed E-state index contributed by atoms with van der Waals surface area (Å²) in [5.74, 6) is -0.343. The Labute approximate surface area is 184 Å². The van der Waals surface area contributed by atoms with Crippen LogP contribution in [0, 0.1) is 0 Å². The number of rotatable bonds is 3. The summed E-state index contributed by atoms with van der Waals surface area (Å²) in [6.07, 6.45) is 2.45. The Morgan fingerprint density at radius 2 is 1.16 bits per heavy atom. The fourth-order valence-corrected chi connectivity index (χ4v) is 3.69. The van der Waals surface area contributed by atoms with E-state index < -0.39 is 0 Å². The molecule has 3 aromatic carbocycles. The number of ether oxygens (including phenoxy) is 1. The second-order valence-electron chi connectivity index (χ2n) is 7.58. The number of benzene rings is 3. The van der Waals surface area contributed by atoms with E-state index in [1.807, 2.05) is 12.1 Å². The van der Waals surface area contributed by atoms with Crippen molar-refractivity contribution in [2.45, 2.75) is 39.3 Å². The van der Waals surface area contributed by atoms with Crippen LogP contribution in [0.25, 0.3) is 22.3 Å². The lowest BCUT2D eigenvalue weighted by molar-refractivity contribution is -0.165. The second-order valence-corrected chi connectivity index (χ2v) is 7.58. The molecule has 0 bridgehead atoms. The molecule has 4 nitrogen and oxygen atoms in total. The van der Waals surface area contributed by atoms with Crippen LogP contribution in [-0.2, 0) is 14.3 Å². The first kappa shape index (κ1) is 22.3. The summed E-state index contributed by atoms with van der Waals surface area (Å²) in [6.45, 7) is 3.57. The van der Waals surface area contributed by atoms with E-state index in [2.05, 4.69) is 72.8 Å². The van der Waals surface area contributed by atoms with Crippen LogP contribution in [0.3, 0.4) is 0 Å². The second kappa shape index (κ2) is 11.1. The molecule has 0 spiro atoms. The molecule has 1 unspecified atom stereocenters. The number of carbonyl (C=O) groups excluding carboxylic acids is 2. The topological polar surface area (TPSA) is 46.6 Å². The number of hydrogen-bond acceptors (Lipinski definition) is 3. The van der Waals surface area contributed by atoms with Gasteiger partial charge in [0.05, 0.1) is 0 Å². The van der Waals surface area contributed by atoms with E-state index in [1.165, 1.54) is 36.1 Å². The molecule has 0 N–H and O–H groups in total. The number of piperidine rings is 1. The molecule has 1 saturated heterocycles. The maximum Gasteiger partial charge on any atom is 0.304 e. The van der Waals surface area contributed by atoms with Crippen molar-refractivity contribution < 1.29 is 14.3 Å². The van der Waals surface area contributed by atoms with Crippen molar-refractivity contribution in [3.8, 4) is 22.3 Å². The SMILES string of the molecule is CC(=O)OC1CCCCN1C(C)=O.c1ccc(-c2ccc(-c3ccccc3)cc2)cc1. The van der Waals surface area contributed by atoms with E-state index in [-0.39, 0.29) is 18.1 Å². The first-order chi connectivity index (χ1) is 15.0. The number of esters is 1. The molecule has 0 aliphatic carbocycles. The fraction of sp³-hybridized carbons (Fsp3) is 0.259. The number of nitrogens with zero attached hydrogens (tertiary/aromatic N) is 1. The average Bonchev–Trinajstić information content (AvgIpc) is 2.81. The highest BCUT2D eigenvalue weighted by atomic mass is 16.6. The van der Waals surface area contributed by atoms with Gasteiger partial charge in [0.1, 0.15) is 0 Å². The van der Waals surface area contributed by atoms with Crippen molar-refractivity contribution in [2.24, 2.45) is 0 Å². The van der Waals surface area contributed by atoms with Gasteiger partial charge in [0, 0.05) is 26.8 Å². The molecule has 0 saturated carbocycles. The molecule has 160 valence electrons. The van der Waals surface area contributed by atoms with E-state index in [1.54, 1.807) is 4.90 Å². The Balaban J connectivity index is 0.000000187. The third-order valence-corrected chi connectivity index (χ3v) is 5.25. The Bertz CT molecular complexity index is 910. The summed E-state index contributed by atoms with van der Waals surface area (Å²) in [7, 11) is 0. The molecule has 1 heterocycles. The van der Waals surface area contributed by atoms with Crippen LogP contribution in [0.2, 0.25) is 0 Å². The van der Waals surface area contributed by atoms with Gasteiger partial charge in [0.25, 0.3) is 0 Å². The standard InChI is InChI=1S/C18H14.C9H15NO3/c1-3-7-15(8-4-1)17-11-13-18(14-12-17)16-9-5-2-6-10-16;1-7(11)10-6-4-3-5-9(10)13-8(2)12/h1-14H;9H,3-6H2,1-2H3. The molecule has 1 aliphatic heterocycles. The summed E-state index contributed by atoms with van der Waals surface area (Å²) in [5.41, 5.74) is 5.04. The third kappa shape index (κ3) is 6.54. The van der Waals surface area contributed by atoms with Crippen molar-refractivity contribution in [3.63, 3.8) is 0 Å². The van der Waals surface area contributed by atoms with Crippen LogP contribution in [-0.4, -0.2) is 29.5 Å². The Hall–Kier alpha value is -3.40. The fourth-order valence-electron chi connectivity index (χ4n) is 3.69. The van der Waals surface area contributed by atoms with Gasteiger partial charge < -0.3 is 9.64 Å². The molecule has 1 aliphatic rings. The maximum absolute atomic E-state index is 11.1. The van der Waals surface area contributed by atoms with E-state index in [9.17, 15) is 9.59 Å². The van der Waals surface area contributed by atoms with Crippen LogP contribution in [0.1, 0.15) is 33.1 Å². The lowest BCUT2D eigenvalue weighted by atomic mass is 10.0. The molecule has 0 radical (unpaired) electrons. The van der Waals surface area contributed by atoms with Crippen molar-refractivity contribution in [2.75, 3.05) is 6.54 Å². The predicted octanol–water partition coefficient (Wildman–Crippen LogP) is 5.93. The van der Waals surface area contributed by atoms with Gasteiger partial charge in [-0.15, -0.1) is 0 Å². The average molecular weight is 416 g/mol. The summed E-state index contributed by atoms with van der Waals surface area (Å²) < 4.78 is 5.03. The van der Waals surface area contributed by atoms with Gasteiger partial charge in [-0.25, -0.2) is 0 Å². The zero-order chi connectivity index (χ0) is 22.1. The molecule has 1 atom stereocenters. The van der Waals surface area contributed by atoms with E-state index in [0.29, 0.717) is 6.54 Å². The summed E-state index contributed by atoms with van der Waals surface area (Å²) in [6, 6.07) is 29.6. The van der Waals surface area contributed by atoms with Crippen LogP contribution < -0.4 is 0 Å². The van der Waals surface area contributed by atoms with Crippen LogP contribution in [0.4, 0.5) is 0 Å². The molecular formula is C27H29NO3. The van der Waals surface area contributed by atoms with Gasteiger partial charge >= 0.3 is 5.97 Å². The summed E-state index contributed by atoms with van der Waals surface area (Å²) >= 11 is 0. The minimum Gasteiger partial charge on any atom is -0.442 e. The maximum atomic E-state index is 11.1. The zero-order valence-corrected chi connectivity index (χ0v) is 18.2. The lowest BCUT2D eigenvalue weighted by Crippen LogP contribution is -2.44. The molecular weight excluding hydrogens is 386 g/mol. The minimum atomic E-state index is -0.330. The van der Waals surface area contributed by atoms with Gasteiger partial charge in [-0.2, -0.15) is 0 Å². The number of likely N-dealkylation sites (tertiary alicyclic amines) is 1. The highest BCUT2D eigenvalue weighted by molar-refractivity contribution is 5.74. The van der Waals surface area contributed by atoms with Crippen LogP contribution in [0.5, 0.6) is 0 Å². The summed E-state index contributed by atoms with van der Waals surface area (Å²) in [4.78, 5) is 23.5. The quantitative estimate of drug-likeness (QED) is 0.498. The van der Waals surface area contributed by atoms with Gasteiger partial charge in [-0.05, 0) is 35.1 Å². The van der Waals surface area contributed by atoms with Gasteiger partial charge in [0.2, 0.25) is 5.91 Å². The molecule has 3 aromatic rings. The Morgan fingerprint density at radius 3 is 1.58 bits per heavy atom. The highest BCUT2D eigenvalue weighted by Crippen LogP contribution is 2.24. The molecule has 0 aromatic heterocycles. The normalized spacial score (nSPS) is 15.4. The van der Waals surface area contributed by atoms with Gasteiger partial charge in [0.15, 0.2) is 6.23 Å². The van der Waals surface area contributed by atoms with E-state index >= 15 is 0 Å². The Morgan fingerprint density at radius 1 is 0.710 bits per heavy atom. The number of amides is 1. The first-order valence-electron chi connectivity index (χ1n) is 10.7. The van der Waals surface area contributed by atoms with E-state index in [0.717, 1.165) is 19.3 Å². The van der Waals surface area contributed by atoms with Crippen molar-refractivity contribution >= 4 is 11.9 Å².